The minimum atomic E-state index is -2.94. The molecule has 2 bridgehead atoms. The zero-order valence-electron chi connectivity index (χ0n) is 29.1. The van der Waals surface area contributed by atoms with E-state index in [4.69, 9.17) is 21.1 Å². The second-order valence-electron chi connectivity index (χ2n) is 16.7. The fraction of sp³-hybridized carbons (Fsp3) is 0.641. The van der Waals surface area contributed by atoms with Crippen molar-refractivity contribution in [3.8, 4) is 5.75 Å². The number of β-amino-alcohol motifs (C(OH)–C–C–N with tert-alkyl or cyclic N) is 1. The van der Waals surface area contributed by atoms with Gasteiger partial charge in [0.25, 0.3) is 5.91 Å². The summed E-state index contributed by atoms with van der Waals surface area (Å²) < 4.78 is 29.0. The highest BCUT2D eigenvalue weighted by atomic mass is 35.5. The van der Waals surface area contributed by atoms with Crippen LogP contribution in [0.4, 0.5) is 5.69 Å². The molecular formula is C39H52ClN3O5S. The number of hydrogen-bond donors (Lipinski definition) is 2. The highest BCUT2D eigenvalue weighted by molar-refractivity contribution is 7.99. The monoisotopic (exact) mass is 709 g/mol. The number of amides is 1. The van der Waals surface area contributed by atoms with Crippen molar-refractivity contribution in [2.45, 2.75) is 81.5 Å². The van der Waals surface area contributed by atoms with Crippen LogP contribution in [0.3, 0.4) is 0 Å². The molecule has 2 N–H and O–H groups in total. The summed E-state index contributed by atoms with van der Waals surface area (Å²) in [6.45, 7) is 10.4. The number of benzene rings is 2. The van der Waals surface area contributed by atoms with Gasteiger partial charge in [-0.2, -0.15) is 0 Å². The molecule has 4 aliphatic heterocycles. The van der Waals surface area contributed by atoms with E-state index >= 15 is 0 Å². The maximum Gasteiger partial charge on any atom is 0.262 e. The van der Waals surface area contributed by atoms with E-state index in [-0.39, 0.29) is 28.4 Å². The van der Waals surface area contributed by atoms with Crippen molar-refractivity contribution in [2.75, 3.05) is 57.4 Å². The van der Waals surface area contributed by atoms with Crippen molar-refractivity contribution in [1.82, 2.24) is 9.62 Å². The smallest absolute Gasteiger partial charge is 0.262 e. The molecule has 2 aliphatic carbocycles. The number of halogens is 1. The summed E-state index contributed by atoms with van der Waals surface area (Å²) in [5, 5.41) is 13.2. The van der Waals surface area contributed by atoms with E-state index in [1.165, 1.54) is 11.1 Å². The molecule has 49 heavy (non-hydrogen) atoms. The highest BCUT2D eigenvalue weighted by Crippen LogP contribution is 2.50. The molecule has 2 aromatic rings. The van der Waals surface area contributed by atoms with Crippen LogP contribution in [-0.2, 0) is 26.3 Å². The van der Waals surface area contributed by atoms with Gasteiger partial charge >= 0.3 is 0 Å². The Hall–Kier alpha value is -2.30. The number of fused-ring (bicyclic) bond motifs is 4. The van der Waals surface area contributed by atoms with E-state index in [0.29, 0.717) is 36.5 Å². The molecule has 1 unspecified atom stereocenters. The Balaban J connectivity index is 1.17. The SMILES string of the molecule is C=S1(=O)NC(=O)c2ccc3c(c2)N(C[C@@H]2CC[C@H]2[C@@](O)(CN2CC4(COC4)C2)CCC[C@H](C)[C@H]1C)C[C@@]1(CCCc2cc(Cl)ccc21)CO3. The van der Waals surface area contributed by atoms with Crippen molar-refractivity contribution in [3.05, 3.63) is 58.1 Å². The number of carbonyl (C=O) groups excluding carboxylic acids is 1. The number of nitrogens with zero attached hydrogens (tertiary/aromatic N) is 2. The number of ether oxygens (including phenoxy) is 2. The fourth-order valence-electron chi connectivity index (χ4n) is 10.0. The number of aliphatic hydroxyl groups is 1. The van der Waals surface area contributed by atoms with Crippen LogP contribution in [0, 0.1) is 23.2 Å². The third kappa shape index (κ3) is 6.09. The zero-order chi connectivity index (χ0) is 34.2. The predicted molar refractivity (Wildman–Crippen MR) is 196 cm³/mol. The van der Waals surface area contributed by atoms with Crippen molar-refractivity contribution >= 4 is 38.8 Å². The second-order valence-corrected chi connectivity index (χ2v) is 19.5. The summed E-state index contributed by atoms with van der Waals surface area (Å²) in [6.07, 6.45) is 7.47. The molecule has 1 saturated carbocycles. The fourth-order valence-corrected chi connectivity index (χ4v) is 11.7. The van der Waals surface area contributed by atoms with Gasteiger partial charge in [-0.05, 0) is 117 Å². The number of rotatable bonds is 2. The number of nitrogens with one attached hydrogen (secondary N) is 1. The normalized spacial score (nSPS) is 37.4. The first-order valence-electron chi connectivity index (χ1n) is 18.4. The number of anilines is 1. The van der Waals surface area contributed by atoms with Crippen LogP contribution in [-0.4, -0.2) is 89.4 Å². The molecule has 8 nitrogen and oxygen atoms in total. The Labute approximate surface area is 297 Å². The summed E-state index contributed by atoms with van der Waals surface area (Å²) in [5.74, 6) is 4.98. The van der Waals surface area contributed by atoms with Gasteiger partial charge in [-0.15, -0.1) is 0 Å². The Morgan fingerprint density at radius 2 is 1.86 bits per heavy atom. The van der Waals surface area contributed by atoms with Gasteiger partial charge in [-0.1, -0.05) is 31.0 Å². The van der Waals surface area contributed by atoms with Crippen LogP contribution >= 0.6 is 11.6 Å². The van der Waals surface area contributed by atoms with Crippen LogP contribution in [0.25, 0.3) is 0 Å². The summed E-state index contributed by atoms with van der Waals surface area (Å²) in [6, 6.07) is 11.9. The summed E-state index contributed by atoms with van der Waals surface area (Å²) in [7, 11) is -2.94. The van der Waals surface area contributed by atoms with Gasteiger partial charge in [0.05, 0.1) is 40.8 Å². The van der Waals surface area contributed by atoms with Crippen LogP contribution in [0.2, 0.25) is 5.02 Å². The van der Waals surface area contributed by atoms with Crippen LogP contribution in [0.5, 0.6) is 5.75 Å². The third-order valence-corrected chi connectivity index (χ3v) is 15.7. The van der Waals surface area contributed by atoms with E-state index in [1.807, 2.05) is 25.1 Å². The van der Waals surface area contributed by atoms with Gasteiger partial charge in [0.1, 0.15) is 5.75 Å². The molecule has 1 amide bonds. The number of hydrogen-bond acceptors (Lipinski definition) is 7. The van der Waals surface area contributed by atoms with Crippen LogP contribution < -0.4 is 14.4 Å². The molecule has 8 rings (SSSR count). The van der Waals surface area contributed by atoms with Gasteiger partial charge in [-0.3, -0.25) is 14.4 Å². The molecule has 10 heteroatoms. The van der Waals surface area contributed by atoms with E-state index in [9.17, 15) is 14.1 Å². The highest BCUT2D eigenvalue weighted by Gasteiger charge is 2.54. The largest absolute Gasteiger partial charge is 0.490 e. The molecule has 266 valence electrons. The van der Waals surface area contributed by atoms with Gasteiger partial charge in [0.2, 0.25) is 0 Å². The minimum absolute atomic E-state index is 0.0689. The standard InChI is InChI=1S/C39H52ClN3O5S/c1-26-6-4-15-39(45,22-42-19-37(20-42)23-47-24-37)33-11-8-30(33)18-43-21-38(14-5-7-28-16-31(40)10-12-32(28)38)25-48-35-13-9-29(17-34(35)43)36(44)41-49(3,46)27(26)2/h9-10,12-13,16-17,26-27,30,33,45H,3-8,11,14-15,18-25H2,1-2H3,(H,41,44,46)/t26-,27+,30-,33+,38-,39-,49?/m0/s1. The first-order chi connectivity index (χ1) is 23.4. The lowest BCUT2D eigenvalue weighted by Crippen LogP contribution is -2.69. The molecule has 0 aromatic heterocycles. The third-order valence-electron chi connectivity index (χ3n) is 13.2. The number of carbonyl (C=O) groups is 1. The minimum Gasteiger partial charge on any atom is -0.490 e. The lowest BCUT2D eigenvalue weighted by atomic mass is 9.62. The quantitative estimate of drug-likeness (QED) is 0.400. The summed E-state index contributed by atoms with van der Waals surface area (Å²) in [4.78, 5) is 18.6. The van der Waals surface area contributed by atoms with Gasteiger partial charge < -0.3 is 19.5 Å². The predicted octanol–water partition coefficient (Wildman–Crippen LogP) is 5.47. The Morgan fingerprint density at radius 1 is 1.04 bits per heavy atom. The van der Waals surface area contributed by atoms with Crippen molar-refractivity contribution in [3.63, 3.8) is 0 Å². The molecule has 0 radical (unpaired) electrons. The van der Waals surface area contributed by atoms with Crippen molar-refractivity contribution in [2.24, 2.45) is 23.2 Å². The molecule has 2 spiro atoms. The first-order valence-corrected chi connectivity index (χ1v) is 20.6. The average molecular weight is 710 g/mol. The van der Waals surface area contributed by atoms with Gasteiger partial charge in [0, 0.05) is 59.4 Å². The number of likely N-dealkylation sites (tertiary alicyclic amines) is 1. The summed E-state index contributed by atoms with van der Waals surface area (Å²) >= 11 is 6.48. The molecule has 6 aliphatic rings. The lowest BCUT2D eigenvalue weighted by Gasteiger charge is -2.58. The molecule has 2 aromatic carbocycles. The van der Waals surface area contributed by atoms with E-state index in [2.05, 4.69) is 39.4 Å². The first kappa shape index (κ1) is 33.8. The number of aryl methyl sites for hydroxylation is 1. The molecule has 4 heterocycles. The van der Waals surface area contributed by atoms with Gasteiger partial charge in [-0.25, -0.2) is 4.21 Å². The molecule has 7 atom stereocenters. The molecule has 3 fully saturated rings. The maximum absolute atomic E-state index is 13.9. The topological polar surface area (TPSA) is 91.3 Å². The van der Waals surface area contributed by atoms with E-state index in [1.54, 1.807) is 6.07 Å². The van der Waals surface area contributed by atoms with Crippen molar-refractivity contribution in [1.29, 1.82) is 0 Å². The lowest BCUT2D eigenvalue weighted by molar-refractivity contribution is -0.208. The Bertz CT molecular complexity index is 1720. The maximum atomic E-state index is 13.9. The average Bonchev–Trinajstić information content (AvgIpc) is 3.15. The van der Waals surface area contributed by atoms with Gasteiger partial charge in [0.15, 0.2) is 0 Å². The van der Waals surface area contributed by atoms with Crippen LogP contribution in [0.15, 0.2) is 36.4 Å². The molecular weight excluding hydrogens is 658 g/mol. The Kier molecular flexibility index (Phi) is 8.58. The molecule has 2 saturated heterocycles. The van der Waals surface area contributed by atoms with Crippen molar-refractivity contribution < 1.29 is 23.6 Å². The van der Waals surface area contributed by atoms with E-state index in [0.717, 1.165) is 101 Å². The van der Waals surface area contributed by atoms with E-state index < -0.39 is 15.3 Å². The second kappa shape index (κ2) is 12.4. The van der Waals surface area contributed by atoms with Crippen LogP contribution in [0.1, 0.15) is 80.3 Å². The zero-order valence-corrected chi connectivity index (χ0v) is 30.6. The summed E-state index contributed by atoms with van der Waals surface area (Å²) in [5.41, 5.74) is 3.17. The Morgan fingerprint density at radius 3 is 2.59 bits per heavy atom.